The Morgan fingerprint density at radius 1 is 0.955 bits per heavy atom. The minimum Gasteiger partial charge on any atom is -0.371 e. The predicted molar refractivity (Wildman–Crippen MR) is 91.1 cm³/mol. The van der Waals surface area contributed by atoms with Gasteiger partial charge in [-0.2, -0.15) is 0 Å². The lowest BCUT2D eigenvalue weighted by molar-refractivity contribution is 0.578. The van der Waals surface area contributed by atoms with Crippen molar-refractivity contribution >= 4 is 27.2 Å². The molecule has 1 aliphatic rings. The van der Waals surface area contributed by atoms with Crippen LogP contribution in [0.2, 0.25) is 0 Å². The van der Waals surface area contributed by atoms with Gasteiger partial charge in [0.2, 0.25) is 0 Å². The summed E-state index contributed by atoms with van der Waals surface area (Å²) in [5.74, 6) is -0.211. The molecule has 2 nitrogen and oxygen atoms in total. The van der Waals surface area contributed by atoms with Gasteiger partial charge in [0.1, 0.15) is 10.8 Å². The molecule has 0 amide bonds. The van der Waals surface area contributed by atoms with Crippen molar-refractivity contribution in [2.75, 3.05) is 18.0 Å². The van der Waals surface area contributed by atoms with Gasteiger partial charge in [0.25, 0.3) is 0 Å². The molecule has 22 heavy (non-hydrogen) atoms. The molecular weight excluding hydrogens is 295 g/mol. The monoisotopic (exact) mass is 312 g/mol. The van der Waals surface area contributed by atoms with Crippen LogP contribution in [0.15, 0.2) is 42.5 Å². The van der Waals surface area contributed by atoms with Crippen LogP contribution in [-0.2, 0) is 0 Å². The van der Waals surface area contributed by atoms with E-state index in [1.807, 2.05) is 0 Å². The lowest BCUT2D eigenvalue weighted by Crippen LogP contribution is -2.29. The molecule has 0 aliphatic carbocycles. The highest BCUT2D eigenvalue weighted by molar-refractivity contribution is 7.21. The summed E-state index contributed by atoms with van der Waals surface area (Å²) in [6.07, 6.45) is 3.90. The van der Waals surface area contributed by atoms with E-state index < -0.39 is 0 Å². The summed E-state index contributed by atoms with van der Waals surface area (Å²) in [5.41, 5.74) is 3.29. The fourth-order valence-corrected chi connectivity index (χ4v) is 3.98. The van der Waals surface area contributed by atoms with E-state index in [0.717, 1.165) is 29.2 Å². The molecule has 2 heterocycles. The number of rotatable bonds is 2. The SMILES string of the molecule is Fc1ccc(-c2nc3ccc(N4CCCCC4)cc3s2)cc1. The highest BCUT2D eigenvalue weighted by Crippen LogP contribution is 2.33. The fraction of sp³-hybridized carbons (Fsp3) is 0.278. The molecular formula is C18H17FN2S. The molecule has 2 aromatic carbocycles. The molecule has 112 valence electrons. The van der Waals surface area contributed by atoms with E-state index in [4.69, 9.17) is 0 Å². The molecule has 3 aromatic rings. The number of aromatic nitrogens is 1. The summed E-state index contributed by atoms with van der Waals surface area (Å²) in [6, 6.07) is 13.1. The number of halogens is 1. The normalized spacial score (nSPS) is 15.4. The third kappa shape index (κ3) is 2.59. The van der Waals surface area contributed by atoms with E-state index in [1.54, 1.807) is 23.5 Å². The Morgan fingerprint density at radius 2 is 1.73 bits per heavy atom. The largest absolute Gasteiger partial charge is 0.371 e. The molecule has 0 spiro atoms. The zero-order valence-corrected chi connectivity index (χ0v) is 13.1. The van der Waals surface area contributed by atoms with Crippen LogP contribution in [0.5, 0.6) is 0 Å². The highest BCUT2D eigenvalue weighted by atomic mass is 32.1. The van der Waals surface area contributed by atoms with Gasteiger partial charge in [0.15, 0.2) is 0 Å². The number of anilines is 1. The van der Waals surface area contributed by atoms with Crippen LogP contribution in [-0.4, -0.2) is 18.1 Å². The third-order valence-corrected chi connectivity index (χ3v) is 5.25. The zero-order valence-electron chi connectivity index (χ0n) is 12.3. The predicted octanol–water partition coefficient (Wildman–Crippen LogP) is 5.09. The Balaban J connectivity index is 1.69. The smallest absolute Gasteiger partial charge is 0.124 e. The number of piperidine rings is 1. The first-order valence-corrected chi connectivity index (χ1v) is 8.53. The van der Waals surface area contributed by atoms with Gasteiger partial charge >= 0.3 is 0 Å². The molecule has 1 aromatic heterocycles. The lowest BCUT2D eigenvalue weighted by atomic mass is 10.1. The second-order valence-electron chi connectivity index (χ2n) is 5.73. The summed E-state index contributed by atoms with van der Waals surface area (Å²) in [5, 5.41) is 0.950. The molecule has 1 fully saturated rings. The van der Waals surface area contributed by atoms with E-state index in [0.29, 0.717) is 0 Å². The quantitative estimate of drug-likeness (QED) is 0.655. The van der Waals surface area contributed by atoms with Crippen molar-refractivity contribution < 1.29 is 4.39 Å². The molecule has 0 unspecified atom stereocenters. The van der Waals surface area contributed by atoms with Crippen molar-refractivity contribution in [3.05, 3.63) is 48.3 Å². The molecule has 0 saturated carbocycles. The van der Waals surface area contributed by atoms with Crippen LogP contribution >= 0.6 is 11.3 Å². The number of fused-ring (bicyclic) bond motifs is 1. The average molecular weight is 312 g/mol. The number of hydrogen-bond acceptors (Lipinski definition) is 3. The lowest BCUT2D eigenvalue weighted by Gasteiger charge is -2.28. The second kappa shape index (κ2) is 5.69. The van der Waals surface area contributed by atoms with Gasteiger partial charge in [-0.3, -0.25) is 0 Å². The van der Waals surface area contributed by atoms with Crippen molar-refractivity contribution in [2.24, 2.45) is 0 Å². The third-order valence-electron chi connectivity index (χ3n) is 4.18. The van der Waals surface area contributed by atoms with Gasteiger partial charge in [-0.15, -0.1) is 11.3 Å². The second-order valence-corrected chi connectivity index (χ2v) is 6.76. The first-order valence-electron chi connectivity index (χ1n) is 7.71. The van der Waals surface area contributed by atoms with Gasteiger partial charge in [0, 0.05) is 24.3 Å². The Kier molecular flexibility index (Phi) is 3.54. The standard InChI is InChI=1S/C18H17FN2S/c19-14-6-4-13(5-7-14)18-20-16-9-8-15(12-17(16)22-18)21-10-2-1-3-11-21/h4-9,12H,1-3,10-11H2. The van der Waals surface area contributed by atoms with Crippen LogP contribution in [0.25, 0.3) is 20.8 Å². The van der Waals surface area contributed by atoms with E-state index >= 15 is 0 Å². The Hall–Kier alpha value is -1.94. The number of hydrogen-bond donors (Lipinski definition) is 0. The van der Waals surface area contributed by atoms with Gasteiger partial charge in [-0.1, -0.05) is 0 Å². The fourth-order valence-electron chi connectivity index (χ4n) is 2.98. The summed E-state index contributed by atoms with van der Waals surface area (Å²) in [4.78, 5) is 7.13. The molecule has 4 heteroatoms. The summed E-state index contributed by atoms with van der Waals surface area (Å²) in [7, 11) is 0. The van der Waals surface area contributed by atoms with Crippen molar-refractivity contribution in [1.82, 2.24) is 4.98 Å². The van der Waals surface area contributed by atoms with E-state index in [-0.39, 0.29) is 5.82 Å². The summed E-state index contributed by atoms with van der Waals surface area (Å²) in [6.45, 7) is 2.30. The summed E-state index contributed by atoms with van der Waals surface area (Å²) < 4.78 is 14.2. The maximum atomic E-state index is 13.0. The molecule has 1 saturated heterocycles. The van der Waals surface area contributed by atoms with Crippen LogP contribution in [0.1, 0.15) is 19.3 Å². The number of nitrogens with zero attached hydrogens (tertiary/aromatic N) is 2. The Morgan fingerprint density at radius 3 is 2.50 bits per heavy atom. The van der Waals surface area contributed by atoms with Crippen molar-refractivity contribution in [3.8, 4) is 10.6 Å². The molecule has 0 atom stereocenters. The van der Waals surface area contributed by atoms with Crippen molar-refractivity contribution in [1.29, 1.82) is 0 Å². The maximum Gasteiger partial charge on any atom is 0.124 e. The van der Waals surface area contributed by atoms with Crippen LogP contribution < -0.4 is 4.90 Å². The first-order chi connectivity index (χ1) is 10.8. The van der Waals surface area contributed by atoms with E-state index in [9.17, 15) is 4.39 Å². The number of benzene rings is 2. The molecule has 0 bridgehead atoms. The van der Waals surface area contributed by atoms with E-state index in [2.05, 4.69) is 28.1 Å². The first kappa shape index (κ1) is 13.7. The Bertz CT molecular complexity index is 788. The van der Waals surface area contributed by atoms with Crippen molar-refractivity contribution in [2.45, 2.75) is 19.3 Å². The molecule has 1 aliphatic heterocycles. The van der Waals surface area contributed by atoms with Crippen LogP contribution in [0.4, 0.5) is 10.1 Å². The van der Waals surface area contributed by atoms with Crippen LogP contribution in [0, 0.1) is 5.82 Å². The number of thiazole rings is 1. The summed E-state index contributed by atoms with van der Waals surface area (Å²) >= 11 is 1.67. The minimum absolute atomic E-state index is 0.211. The van der Waals surface area contributed by atoms with Gasteiger partial charge in [0.05, 0.1) is 10.2 Å². The van der Waals surface area contributed by atoms with E-state index in [1.165, 1.54) is 41.8 Å². The Labute approximate surface area is 133 Å². The average Bonchev–Trinajstić information content (AvgIpc) is 2.99. The highest BCUT2D eigenvalue weighted by Gasteiger charge is 2.13. The van der Waals surface area contributed by atoms with Gasteiger partial charge in [-0.25, -0.2) is 9.37 Å². The van der Waals surface area contributed by atoms with Crippen molar-refractivity contribution in [3.63, 3.8) is 0 Å². The maximum absolute atomic E-state index is 13.0. The molecule has 0 N–H and O–H groups in total. The van der Waals surface area contributed by atoms with Gasteiger partial charge < -0.3 is 4.90 Å². The topological polar surface area (TPSA) is 16.1 Å². The molecule has 0 radical (unpaired) electrons. The minimum atomic E-state index is -0.211. The van der Waals surface area contributed by atoms with Gasteiger partial charge in [-0.05, 0) is 61.7 Å². The molecule has 4 rings (SSSR count). The van der Waals surface area contributed by atoms with Crippen LogP contribution in [0.3, 0.4) is 0 Å². The zero-order chi connectivity index (χ0) is 14.9.